The van der Waals surface area contributed by atoms with Gasteiger partial charge in [-0.25, -0.2) is 0 Å². The lowest BCUT2D eigenvalue weighted by atomic mass is 9.78. The topological polar surface area (TPSA) is 97.0 Å². The molecule has 0 unspecified atom stereocenters. The summed E-state index contributed by atoms with van der Waals surface area (Å²) in [7, 11) is 0. The Hall–Kier alpha value is -2.58. The molecular formula is C25H31ClN2O5. The highest BCUT2D eigenvalue weighted by atomic mass is 35.5. The number of halogens is 1. The molecule has 0 saturated heterocycles. The summed E-state index contributed by atoms with van der Waals surface area (Å²) in [5, 5.41) is 33.1. The highest BCUT2D eigenvalue weighted by Crippen LogP contribution is 2.33. The summed E-state index contributed by atoms with van der Waals surface area (Å²) in [5.74, 6) is 1.49. The summed E-state index contributed by atoms with van der Waals surface area (Å²) in [5.41, 5.74) is 2.64. The van der Waals surface area contributed by atoms with Crippen LogP contribution in [0.1, 0.15) is 30.7 Å². The number of benzene rings is 2. The largest absolute Gasteiger partial charge is 0.491 e. The van der Waals surface area contributed by atoms with Gasteiger partial charge >= 0.3 is 0 Å². The minimum Gasteiger partial charge on any atom is -0.491 e. The maximum absolute atomic E-state index is 10.2. The molecule has 8 heteroatoms. The molecule has 0 spiro atoms. The van der Waals surface area contributed by atoms with Crippen LogP contribution < -0.4 is 9.47 Å². The van der Waals surface area contributed by atoms with E-state index in [1.165, 1.54) is 0 Å². The average Bonchev–Trinajstić information content (AvgIpc) is 3.28. The number of aromatic nitrogens is 2. The highest BCUT2D eigenvalue weighted by Gasteiger charge is 2.23. The summed E-state index contributed by atoms with van der Waals surface area (Å²) in [6.45, 7) is 4.68. The predicted molar refractivity (Wildman–Crippen MR) is 127 cm³/mol. The van der Waals surface area contributed by atoms with Gasteiger partial charge in [-0.15, -0.1) is 11.6 Å². The molecule has 0 bridgehead atoms. The smallest absolute Gasteiger partial charge is 0.119 e. The van der Waals surface area contributed by atoms with Crippen LogP contribution in [0.25, 0.3) is 0 Å². The van der Waals surface area contributed by atoms with E-state index in [0.29, 0.717) is 17.2 Å². The summed E-state index contributed by atoms with van der Waals surface area (Å²) >= 11 is 5.59. The van der Waals surface area contributed by atoms with Gasteiger partial charge in [0, 0.05) is 11.6 Å². The molecule has 3 N–H and O–H groups in total. The summed E-state index contributed by atoms with van der Waals surface area (Å²) in [6.07, 6.45) is 0.150. The van der Waals surface area contributed by atoms with Crippen molar-refractivity contribution < 1.29 is 24.8 Å². The van der Waals surface area contributed by atoms with Crippen molar-refractivity contribution in [2.75, 3.05) is 19.1 Å². The van der Waals surface area contributed by atoms with E-state index in [2.05, 4.69) is 18.9 Å². The first-order valence-corrected chi connectivity index (χ1v) is 11.4. The Labute approximate surface area is 199 Å². The molecule has 2 aromatic carbocycles. The van der Waals surface area contributed by atoms with Gasteiger partial charge < -0.3 is 24.8 Å². The first kappa shape index (κ1) is 25.1. The number of alkyl halides is 1. The Morgan fingerprint density at radius 2 is 1.39 bits per heavy atom. The van der Waals surface area contributed by atoms with Crippen LogP contribution in [0.3, 0.4) is 0 Å². The Morgan fingerprint density at radius 3 is 1.88 bits per heavy atom. The fourth-order valence-electron chi connectivity index (χ4n) is 3.44. The molecule has 7 nitrogen and oxygen atoms in total. The number of nitrogens with zero attached hydrogens (tertiary/aromatic N) is 2. The first-order valence-electron chi connectivity index (χ1n) is 10.8. The molecule has 3 rings (SSSR count). The van der Waals surface area contributed by atoms with E-state index in [4.69, 9.17) is 21.1 Å². The quantitative estimate of drug-likeness (QED) is 0.349. The second-order valence-corrected chi connectivity index (χ2v) is 8.73. The third-order valence-corrected chi connectivity index (χ3v) is 5.92. The van der Waals surface area contributed by atoms with Crippen LogP contribution in [0.4, 0.5) is 0 Å². The van der Waals surface area contributed by atoms with Gasteiger partial charge in [-0.2, -0.15) is 5.10 Å². The van der Waals surface area contributed by atoms with E-state index in [-0.39, 0.29) is 37.7 Å². The molecule has 178 valence electrons. The van der Waals surface area contributed by atoms with E-state index in [0.717, 1.165) is 11.1 Å². The zero-order valence-corrected chi connectivity index (χ0v) is 19.7. The third-order valence-electron chi connectivity index (χ3n) is 5.57. The predicted octanol–water partition coefficient (Wildman–Crippen LogP) is 3.12. The fraction of sp³-hybridized carbons (Fsp3) is 0.400. The molecule has 2 atom stereocenters. The van der Waals surface area contributed by atoms with Crippen molar-refractivity contribution in [3.05, 3.63) is 77.6 Å². The van der Waals surface area contributed by atoms with E-state index < -0.39 is 12.2 Å². The molecule has 0 saturated carbocycles. The van der Waals surface area contributed by atoms with Crippen molar-refractivity contribution in [1.29, 1.82) is 0 Å². The number of ether oxygens (including phenoxy) is 2. The van der Waals surface area contributed by atoms with E-state index in [9.17, 15) is 15.3 Å². The summed E-state index contributed by atoms with van der Waals surface area (Å²) in [6, 6.07) is 17.3. The number of aliphatic hydroxyl groups excluding tert-OH is 3. The van der Waals surface area contributed by atoms with Crippen LogP contribution in [0, 0.1) is 0 Å². The van der Waals surface area contributed by atoms with Crippen molar-refractivity contribution in [1.82, 2.24) is 9.78 Å². The van der Waals surface area contributed by atoms with E-state index in [1.807, 2.05) is 48.5 Å². The minimum atomic E-state index is -0.752. The molecule has 0 fully saturated rings. The monoisotopic (exact) mass is 474 g/mol. The van der Waals surface area contributed by atoms with Gasteiger partial charge in [0.15, 0.2) is 0 Å². The van der Waals surface area contributed by atoms with Crippen molar-refractivity contribution in [2.24, 2.45) is 0 Å². The van der Waals surface area contributed by atoms with E-state index in [1.54, 1.807) is 16.9 Å². The SMILES string of the molecule is CC(C)(c1ccc(OC[C@@H](O)CCl)cc1)c1ccc(OC[C@H](O)Cn2nccc2CO)cc1. The second-order valence-electron chi connectivity index (χ2n) is 8.42. The highest BCUT2D eigenvalue weighted by molar-refractivity contribution is 6.18. The van der Waals surface area contributed by atoms with Gasteiger partial charge in [0.1, 0.15) is 36.9 Å². The first-order chi connectivity index (χ1) is 15.8. The Balaban J connectivity index is 1.56. The minimum absolute atomic E-state index is 0.118. The number of aliphatic hydroxyl groups is 3. The van der Waals surface area contributed by atoms with Crippen LogP contribution in [-0.2, 0) is 18.6 Å². The molecule has 3 aromatic rings. The van der Waals surface area contributed by atoms with Crippen LogP contribution in [0.5, 0.6) is 11.5 Å². The van der Waals surface area contributed by atoms with Crippen molar-refractivity contribution >= 4 is 11.6 Å². The maximum Gasteiger partial charge on any atom is 0.119 e. The Bertz CT molecular complexity index is 989. The molecule has 0 aliphatic heterocycles. The molecule has 0 aliphatic rings. The van der Waals surface area contributed by atoms with Crippen molar-refractivity contribution in [3.8, 4) is 11.5 Å². The molecule has 1 aromatic heterocycles. The Kier molecular flexibility index (Phi) is 8.74. The van der Waals surface area contributed by atoms with Gasteiger partial charge in [0.05, 0.1) is 24.7 Å². The number of hydrogen-bond donors (Lipinski definition) is 3. The van der Waals surface area contributed by atoms with Crippen molar-refractivity contribution in [2.45, 2.75) is 44.6 Å². The van der Waals surface area contributed by atoms with Crippen molar-refractivity contribution in [3.63, 3.8) is 0 Å². The number of rotatable bonds is 12. The Morgan fingerprint density at radius 1 is 0.879 bits per heavy atom. The second kappa shape index (κ2) is 11.5. The molecule has 33 heavy (non-hydrogen) atoms. The van der Waals surface area contributed by atoms with Gasteiger partial charge in [-0.3, -0.25) is 4.68 Å². The number of hydrogen-bond acceptors (Lipinski definition) is 6. The lowest BCUT2D eigenvalue weighted by Crippen LogP contribution is -2.25. The lowest BCUT2D eigenvalue weighted by Gasteiger charge is -2.26. The van der Waals surface area contributed by atoms with Gasteiger partial charge in [0.2, 0.25) is 0 Å². The van der Waals surface area contributed by atoms with Gasteiger partial charge in [-0.05, 0) is 41.5 Å². The molecular weight excluding hydrogens is 444 g/mol. The fourth-order valence-corrected chi connectivity index (χ4v) is 3.53. The van der Waals surface area contributed by atoms with Gasteiger partial charge in [-0.1, -0.05) is 38.1 Å². The van der Waals surface area contributed by atoms with Crippen LogP contribution in [0.15, 0.2) is 60.8 Å². The van der Waals surface area contributed by atoms with E-state index >= 15 is 0 Å². The normalized spacial score (nSPS) is 13.5. The average molecular weight is 475 g/mol. The van der Waals surface area contributed by atoms with Crippen LogP contribution in [-0.4, -0.2) is 56.4 Å². The molecule has 0 aliphatic carbocycles. The lowest BCUT2D eigenvalue weighted by molar-refractivity contribution is 0.0871. The van der Waals surface area contributed by atoms with Crippen LogP contribution >= 0.6 is 11.6 Å². The zero-order valence-electron chi connectivity index (χ0n) is 18.9. The molecule has 0 radical (unpaired) electrons. The van der Waals surface area contributed by atoms with Crippen LogP contribution in [0.2, 0.25) is 0 Å². The zero-order chi connectivity index (χ0) is 23.8. The summed E-state index contributed by atoms with van der Waals surface area (Å²) in [4.78, 5) is 0. The molecule has 0 amide bonds. The third kappa shape index (κ3) is 6.71. The maximum atomic E-state index is 10.2. The summed E-state index contributed by atoms with van der Waals surface area (Å²) < 4.78 is 12.9. The van der Waals surface area contributed by atoms with Gasteiger partial charge in [0.25, 0.3) is 0 Å². The molecule has 1 heterocycles. The standard InChI is InChI=1S/C25H31ClN2O5/c1-25(2,18-3-7-23(8-4-18)32-16-21(30)13-26)19-5-9-24(10-6-19)33-17-22(31)14-28-20(15-29)11-12-27-28/h3-12,21-22,29-31H,13-17H2,1-2H3/t21-,22+/m0/s1.